The zero-order valence-corrected chi connectivity index (χ0v) is 17.4. The minimum Gasteiger partial charge on any atom is -0.383 e. The van der Waals surface area contributed by atoms with Gasteiger partial charge in [0.05, 0.1) is 6.61 Å². The summed E-state index contributed by atoms with van der Waals surface area (Å²) in [6.45, 7) is 7.47. The third kappa shape index (κ3) is 3.94. The van der Waals surface area contributed by atoms with Crippen LogP contribution in [0.2, 0.25) is 0 Å². The summed E-state index contributed by atoms with van der Waals surface area (Å²) < 4.78 is 5.23. The standard InChI is InChI=1S/C22H33N3O3/c1-4-18(2)23-14-11-22(12-15-23)20(26)24(21(27)25(22)16-17-28-3)13-10-19-8-6-5-7-9-19/h5-9,18H,4,10-17H2,1-3H3/t18-/m0/s1. The molecule has 0 saturated carbocycles. The van der Waals surface area contributed by atoms with Gasteiger partial charge in [0.1, 0.15) is 5.54 Å². The molecule has 3 amide bonds. The lowest BCUT2D eigenvalue weighted by Gasteiger charge is -2.43. The highest BCUT2D eigenvalue weighted by atomic mass is 16.5. The molecule has 154 valence electrons. The van der Waals surface area contributed by atoms with Gasteiger partial charge in [-0.1, -0.05) is 37.3 Å². The molecule has 0 N–H and O–H groups in total. The van der Waals surface area contributed by atoms with E-state index in [1.54, 1.807) is 12.0 Å². The summed E-state index contributed by atoms with van der Waals surface area (Å²) in [5.41, 5.74) is 0.440. The van der Waals surface area contributed by atoms with Gasteiger partial charge < -0.3 is 14.5 Å². The molecule has 1 atom stereocenters. The fraction of sp³-hybridized carbons (Fsp3) is 0.636. The Balaban J connectivity index is 1.76. The van der Waals surface area contributed by atoms with Crippen LogP contribution < -0.4 is 0 Å². The van der Waals surface area contributed by atoms with Crippen LogP contribution in [0.5, 0.6) is 0 Å². The molecule has 2 aliphatic heterocycles. The normalized spacial score (nSPS) is 21.0. The summed E-state index contributed by atoms with van der Waals surface area (Å²) >= 11 is 0. The highest BCUT2D eigenvalue weighted by Gasteiger charge is 2.57. The number of methoxy groups -OCH3 is 1. The third-order valence-electron chi connectivity index (χ3n) is 6.45. The number of hydrogen-bond donors (Lipinski definition) is 0. The van der Waals surface area contributed by atoms with Gasteiger partial charge in [-0.15, -0.1) is 0 Å². The fourth-order valence-electron chi connectivity index (χ4n) is 4.43. The quantitative estimate of drug-likeness (QED) is 0.644. The van der Waals surface area contributed by atoms with E-state index in [1.807, 2.05) is 30.3 Å². The van der Waals surface area contributed by atoms with Crippen molar-refractivity contribution >= 4 is 11.9 Å². The van der Waals surface area contributed by atoms with Gasteiger partial charge in [-0.3, -0.25) is 9.69 Å². The first-order valence-corrected chi connectivity index (χ1v) is 10.4. The molecule has 2 heterocycles. The van der Waals surface area contributed by atoms with E-state index in [-0.39, 0.29) is 11.9 Å². The van der Waals surface area contributed by atoms with Crippen molar-refractivity contribution in [2.24, 2.45) is 0 Å². The lowest BCUT2D eigenvalue weighted by atomic mass is 9.85. The van der Waals surface area contributed by atoms with Gasteiger partial charge >= 0.3 is 6.03 Å². The lowest BCUT2D eigenvalue weighted by molar-refractivity contribution is -0.136. The molecule has 2 fully saturated rings. The highest BCUT2D eigenvalue weighted by molar-refractivity contribution is 6.07. The summed E-state index contributed by atoms with van der Waals surface area (Å²) in [6, 6.07) is 10.4. The molecule has 1 aromatic carbocycles. The Morgan fingerprint density at radius 1 is 1.11 bits per heavy atom. The number of carbonyl (C=O) groups is 2. The van der Waals surface area contributed by atoms with Crippen molar-refractivity contribution in [2.75, 3.05) is 39.9 Å². The van der Waals surface area contributed by atoms with E-state index in [1.165, 1.54) is 4.90 Å². The van der Waals surface area contributed by atoms with Crippen molar-refractivity contribution in [1.82, 2.24) is 14.7 Å². The smallest absolute Gasteiger partial charge is 0.327 e. The summed E-state index contributed by atoms with van der Waals surface area (Å²) in [5, 5.41) is 0. The molecule has 1 spiro atoms. The second-order valence-electron chi connectivity index (χ2n) is 7.94. The number of carbonyl (C=O) groups excluding carboxylic acids is 2. The SMILES string of the molecule is CC[C@H](C)N1CCC2(CC1)C(=O)N(CCc1ccccc1)C(=O)N2CCOC. The lowest BCUT2D eigenvalue weighted by Crippen LogP contribution is -2.58. The second kappa shape index (κ2) is 9.05. The number of nitrogens with zero attached hydrogens (tertiary/aromatic N) is 3. The predicted molar refractivity (Wildman–Crippen MR) is 109 cm³/mol. The van der Waals surface area contributed by atoms with Gasteiger partial charge in [0.25, 0.3) is 5.91 Å². The first kappa shape index (κ1) is 20.8. The van der Waals surface area contributed by atoms with Crippen molar-refractivity contribution in [3.8, 4) is 0 Å². The van der Waals surface area contributed by atoms with Gasteiger partial charge in [0.2, 0.25) is 0 Å². The number of hydrogen-bond acceptors (Lipinski definition) is 4. The average Bonchev–Trinajstić information content (AvgIpc) is 2.92. The summed E-state index contributed by atoms with van der Waals surface area (Å²) in [6.07, 6.45) is 3.18. The van der Waals surface area contributed by atoms with Crippen LogP contribution in [0.4, 0.5) is 4.79 Å². The van der Waals surface area contributed by atoms with Gasteiger partial charge in [-0.05, 0) is 38.2 Å². The zero-order chi connectivity index (χ0) is 20.1. The Hall–Kier alpha value is -1.92. The largest absolute Gasteiger partial charge is 0.383 e. The second-order valence-corrected chi connectivity index (χ2v) is 7.94. The Morgan fingerprint density at radius 3 is 2.39 bits per heavy atom. The molecule has 6 nitrogen and oxygen atoms in total. The van der Waals surface area contributed by atoms with Crippen molar-refractivity contribution in [2.45, 2.75) is 51.1 Å². The number of urea groups is 1. The highest BCUT2D eigenvalue weighted by Crippen LogP contribution is 2.37. The van der Waals surface area contributed by atoms with Gasteiger partial charge in [-0.25, -0.2) is 4.79 Å². The van der Waals surface area contributed by atoms with Crippen LogP contribution in [0, 0.1) is 0 Å². The summed E-state index contributed by atoms with van der Waals surface area (Å²) in [7, 11) is 1.63. The van der Waals surface area contributed by atoms with E-state index < -0.39 is 5.54 Å². The molecule has 0 bridgehead atoms. The number of imide groups is 1. The number of likely N-dealkylation sites (tertiary alicyclic amines) is 1. The molecule has 0 unspecified atom stereocenters. The van der Waals surface area contributed by atoms with E-state index in [2.05, 4.69) is 18.7 Å². The Labute approximate surface area is 168 Å². The first-order valence-electron chi connectivity index (χ1n) is 10.4. The molecule has 0 radical (unpaired) electrons. The molecule has 28 heavy (non-hydrogen) atoms. The van der Waals surface area contributed by atoms with Crippen LogP contribution in [-0.2, 0) is 16.0 Å². The maximum absolute atomic E-state index is 13.4. The number of piperidine rings is 1. The minimum absolute atomic E-state index is 0.0201. The van der Waals surface area contributed by atoms with Crippen LogP contribution in [0.3, 0.4) is 0 Å². The fourth-order valence-corrected chi connectivity index (χ4v) is 4.43. The molecule has 2 saturated heterocycles. The van der Waals surface area contributed by atoms with E-state index in [0.717, 1.165) is 25.1 Å². The van der Waals surface area contributed by atoms with Crippen LogP contribution >= 0.6 is 0 Å². The topological polar surface area (TPSA) is 53.1 Å². The molecule has 1 aromatic rings. The van der Waals surface area contributed by atoms with E-state index in [9.17, 15) is 9.59 Å². The van der Waals surface area contributed by atoms with Crippen LogP contribution in [0.1, 0.15) is 38.7 Å². The Kier molecular flexibility index (Phi) is 6.73. The Morgan fingerprint density at radius 2 is 1.79 bits per heavy atom. The number of amides is 3. The Bertz CT molecular complexity index is 671. The number of ether oxygens (including phenoxy) is 1. The molecule has 2 aliphatic rings. The first-order chi connectivity index (χ1) is 13.5. The summed E-state index contributed by atoms with van der Waals surface area (Å²) in [5.74, 6) is -0.0201. The van der Waals surface area contributed by atoms with Crippen molar-refractivity contribution in [3.05, 3.63) is 35.9 Å². The van der Waals surface area contributed by atoms with Crippen molar-refractivity contribution in [1.29, 1.82) is 0 Å². The van der Waals surface area contributed by atoms with Crippen molar-refractivity contribution in [3.63, 3.8) is 0 Å². The number of benzene rings is 1. The maximum Gasteiger partial charge on any atom is 0.327 e. The van der Waals surface area contributed by atoms with Crippen LogP contribution in [0.25, 0.3) is 0 Å². The van der Waals surface area contributed by atoms with Gasteiger partial charge in [-0.2, -0.15) is 0 Å². The maximum atomic E-state index is 13.4. The molecular formula is C22H33N3O3. The van der Waals surface area contributed by atoms with E-state index in [4.69, 9.17) is 4.74 Å². The van der Waals surface area contributed by atoms with E-state index in [0.29, 0.717) is 45.0 Å². The van der Waals surface area contributed by atoms with Gasteiger partial charge in [0, 0.05) is 39.3 Å². The van der Waals surface area contributed by atoms with Crippen LogP contribution in [0.15, 0.2) is 30.3 Å². The monoisotopic (exact) mass is 387 g/mol. The predicted octanol–water partition coefficient (Wildman–Crippen LogP) is 2.77. The average molecular weight is 388 g/mol. The molecular weight excluding hydrogens is 354 g/mol. The molecule has 6 heteroatoms. The summed E-state index contributed by atoms with van der Waals surface area (Å²) in [4.78, 5) is 32.3. The molecule has 0 aliphatic carbocycles. The minimum atomic E-state index is -0.698. The van der Waals surface area contributed by atoms with E-state index >= 15 is 0 Å². The third-order valence-corrected chi connectivity index (χ3v) is 6.45. The number of rotatable bonds is 8. The van der Waals surface area contributed by atoms with Crippen molar-refractivity contribution < 1.29 is 14.3 Å². The van der Waals surface area contributed by atoms with Crippen LogP contribution in [-0.4, -0.2) is 78.1 Å². The zero-order valence-electron chi connectivity index (χ0n) is 17.4. The molecule has 3 rings (SSSR count). The van der Waals surface area contributed by atoms with Gasteiger partial charge in [0.15, 0.2) is 0 Å². The molecule has 0 aromatic heterocycles.